The Morgan fingerprint density at radius 1 is 1.18 bits per heavy atom. The monoisotopic (exact) mass is 556 g/mol. The first-order valence-corrected chi connectivity index (χ1v) is 14.4. The summed E-state index contributed by atoms with van der Waals surface area (Å²) >= 11 is 6.20. The summed E-state index contributed by atoms with van der Waals surface area (Å²) in [5, 5.41) is 0.657. The van der Waals surface area contributed by atoms with Gasteiger partial charge in [-0.1, -0.05) is 88.7 Å². The van der Waals surface area contributed by atoms with Gasteiger partial charge >= 0.3 is 0 Å². The summed E-state index contributed by atoms with van der Waals surface area (Å²) in [5.41, 5.74) is 1.02. The predicted octanol–water partition coefficient (Wildman–Crippen LogP) is 8.23. The lowest BCUT2D eigenvalue weighted by atomic mass is 9.69. The Hall–Kier alpha value is -2.79. The van der Waals surface area contributed by atoms with Crippen molar-refractivity contribution >= 4 is 23.4 Å². The van der Waals surface area contributed by atoms with Gasteiger partial charge in [0.15, 0.2) is 0 Å². The first-order chi connectivity index (χ1) is 18.5. The zero-order chi connectivity index (χ0) is 29.8. The van der Waals surface area contributed by atoms with Gasteiger partial charge < -0.3 is 14.5 Å². The van der Waals surface area contributed by atoms with E-state index >= 15 is 0 Å². The number of carbonyl (C=O) groups excluding carboxylic acids is 2. The van der Waals surface area contributed by atoms with Crippen molar-refractivity contribution in [2.75, 3.05) is 20.2 Å². The summed E-state index contributed by atoms with van der Waals surface area (Å²) in [6, 6.07) is 7.92. The number of halogens is 1. The molecule has 1 saturated carbocycles. The first-order valence-electron chi connectivity index (χ1n) is 14.0. The quantitative estimate of drug-likeness (QED) is 0.208. The number of fused-ring (bicyclic) bond motifs is 4. The molecule has 5 nitrogen and oxygen atoms in total. The van der Waals surface area contributed by atoms with E-state index in [4.69, 9.17) is 16.3 Å². The number of hydrogen-bond acceptors (Lipinski definition) is 3. The van der Waals surface area contributed by atoms with Crippen LogP contribution in [0.2, 0.25) is 0 Å². The van der Waals surface area contributed by atoms with Gasteiger partial charge in [-0.05, 0) is 44.4 Å². The molecule has 0 radical (unpaired) electrons. The summed E-state index contributed by atoms with van der Waals surface area (Å²) in [6.07, 6.45) is 11.7. The van der Waals surface area contributed by atoms with Gasteiger partial charge in [0, 0.05) is 48.4 Å². The van der Waals surface area contributed by atoms with Crippen LogP contribution in [-0.4, -0.2) is 47.5 Å². The maximum Gasteiger partial charge on any atom is 0.256 e. The molecular formula is C33H49ClN2O3. The number of hydrogen-bond donors (Lipinski definition) is 0. The van der Waals surface area contributed by atoms with Crippen molar-refractivity contribution in [2.45, 2.75) is 85.2 Å². The van der Waals surface area contributed by atoms with E-state index in [-0.39, 0.29) is 23.1 Å². The number of allylic oxidation sites excluding steroid dienone is 5. The van der Waals surface area contributed by atoms with Crippen molar-refractivity contribution in [2.24, 2.45) is 5.92 Å². The summed E-state index contributed by atoms with van der Waals surface area (Å²) < 4.78 is 4.70. The molecule has 39 heavy (non-hydrogen) atoms. The van der Waals surface area contributed by atoms with Gasteiger partial charge in [0.05, 0.1) is 12.9 Å². The minimum atomic E-state index is -0.661. The van der Waals surface area contributed by atoms with Gasteiger partial charge in [0.25, 0.3) is 5.91 Å². The molecule has 2 heterocycles. The lowest BCUT2D eigenvalue weighted by molar-refractivity contribution is -0.142. The van der Waals surface area contributed by atoms with Crippen LogP contribution < -0.4 is 0 Å². The second-order valence-electron chi connectivity index (χ2n) is 10.0. The van der Waals surface area contributed by atoms with Crippen LogP contribution in [0.5, 0.6) is 0 Å². The Balaban J connectivity index is 0.000000539. The van der Waals surface area contributed by atoms with Crippen LogP contribution in [0, 0.1) is 5.92 Å². The SMILES string of the molecule is C/C=C(Cl)\C=C/C(C)C12N(C(C)=O)CCN1C(=O)c1ccccc1C21CC1.C=C(CC)OC.C=CC.CCC. The Bertz CT molecular complexity index is 1050. The zero-order valence-corrected chi connectivity index (χ0v) is 26.1. The van der Waals surface area contributed by atoms with Gasteiger partial charge in [-0.2, -0.15) is 0 Å². The standard InChI is InChI=1S/C22H25ClN2O2.C5H10O.C3H8.C3H6/c1-4-17(23)10-9-15(2)22-21(11-12-21)19-8-6-5-7-18(19)20(27)25(22)14-13-24(22)16(3)26;1-4-5(2)6-3;2*1-3-2/h4-10,15H,11-14H2,1-3H3;2,4H2,1,3H3;3H2,1-2H3;3H,1H2,2H3/b10-9-,17-4+;;;. The van der Waals surface area contributed by atoms with Crippen molar-refractivity contribution in [3.05, 3.63) is 83.6 Å². The molecule has 1 aromatic rings. The van der Waals surface area contributed by atoms with Crippen LogP contribution in [0.15, 0.2) is 72.5 Å². The van der Waals surface area contributed by atoms with Crippen LogP contribution in [0.1, 0.15) is 90.1 Å². The Labute approximate surface area is 242 Å². The predicted molar refractivity (Wildman–Crippen MR) is 165 cm³/mol. The number of nitrogens with zero attached hydrogens (tertiary/aromatic N) is 2. The molecule has 2 unspecified atom stereocenters. The molecule has 216 valence electrons. The van der Waals surface area contributed by atoms with Gasteiger partial charge in [0.2, 0.25) is 5.91 Å². The smallest absolute Gasteiger partial charge is 0.256 e. The minimum absolute atomic E-state index is 0.0216. The molecule has 4 rings (SSSR count). The number of methoxy groups -OCH3 is 1. The molecule has 6 heteroatoms. The summed E-state index contributed by atoms with van der Waals surface area (Å²) in [5.74, 6) is 0.852. The maximum absolute atomic E-state index is 13.4. The highest BCUT2D eigenvalue weighted by Crippen LogP contribution is 2.65. The molecule has 2 atom stereocenters. The van der Waals surface area contributed by atoms with Gasteiger partial charge in [0.1, 0.15) is 5.66 Å². The third-order valence-electron chi connectivity index (χ3n) is 7.26. The van der Waals surface area contributed by atoms with Crippen LogP contribution in [-0.2, 0) is 14.9 Å². The summed E-state index contributed by atoms with van der Waals surface area (Å²) in [7, 11) is 1.63. The van der Waals surface area contributed by atoms with Crippen LogP contribution in [0.4, 0.5) is 0 Å². The second kappa shape index (κ2) is 15.7. The Kier molecular flexibility index (Phi) is 13.8. The fourth-order valence-electron chi connectivity index (χ4n) is 5.59. The highest BCUT2D eigenvalue weighted by atomic mass is 35.5. The molecule has 1 spiro atoms. The van der Waals surface area contributed by atoms with E-state index in [1.807, 2.05) is 60.9 Å². The Morgan fingerprint density at radius 3 is 2.18 bits per heavy atom. The molecule has 2 aliphatic heterocycles. The molecule has 3 aliphatic rings. The van der Waals surface area contributed by atoms with E-state index < -0.39 is 5.66 Å². The van der Waals surface area contributed by atoms with Gasteiger partial charge in [-0.25, -0.2) is 0 Å². The lowest BCUT2D eigenvalue weighted by Gasteiger charge is -2.55. The molecule has 1 saturated heterocycles. The molecule has 1 aromatic carbocycles. The molecule has 0 bridgehead atoms. The van der Waals surface area contributed by atoms with Gasteiger partial charge in [-0.3, -0.25) is 9.59 Å². The summed E-state index contributed by atoms with van der Waals surface area (Å²) in [4.78, 5) is 30.0. The second-order valence-corrected chi connectivity index (χ2v) is 10.5. The molecule has 1 aliphatic carbocycles. The normalized spacial score (nSPS) is 20.7. The molecule has 2 fully saturated rings. The summed E-state index contributed by atoms with van der Waals surface area (Å²) in [6.45, 7) is 21.8. The largest absolute Gasteiger partial charge is 0.502 e. The fraction of sp³-hybridized carbons (Fsp3) is 0.515. The number of amides is 2. The highest BCUT2D eigenvalue weighted by molar-refractivity contribution is 6.31. The Morgan fingerprint density at radius 2 is 1.74 bits per heavy atom. The third-order valence-corrected chi connectivity index (χ3v) is 7.60. The van der Waals surface area contributed by atoms with Crippen LogP contribution in [0.3, 0.4) is 0 Å². The maximum atomic E-state index is 13.4. The molecular weight excluding hydrogens is 508 g/mol. The number of ether oxygens (including phenoxy) is 1. The fourth-order valence-corrected chi connectivity index (χ4v) is 5.66. The van der Waals surface area contributed by atoms with E-state index in [1.54, 1.807) is 20.1 Å². The first kappa shape index (κ1) is 34.2. The topological polar surface area (TPSA) is 49.9 Å². The minimum Gasteiger partial charge on any atom is -0.502 e. The molecule has 0 N–H and O–H groups in total. The highest BCUT2D eigenvalue weighted by Gasteiger charge is 2.73. The van der Waals surface area contributed by atoms with Crippen molar-refractivity contribution < 1.29 is 14.3 Å². The van der Waals surface area contributed by atoms with Crippen molar-refractivity contribution in [1.82, 2.24) is 9.80 Å². The van der Waals surface area contributed by atoms with E-state index in [2.05, 4.69) is 46.1 Å². The third kappa shape index (κ3) is 7.05. The number of benzene rings is 1. The zero-order valence-electron chi connectivity index (χ0n) is 25.4. The van der Waals surface area contributed by atoms with E-state index in [9.17, 15) is 9.59 Å². The van der Waals surface area contributed by atoms with Crippen LogP contribution in [0.25, 0.3) is 0 Å². The van der Waals surface area contributed by atoms with Crippen molar-refractivity contribution in [1.29, 1.82) is 0 Å². The molecule has 0 aromatic heterocycles. The number of carbonyl (C=O) groups is 2. The van der Waals surface area contributed by atoms with Gasteiger partial charge in [-0.15, -0.1) is 6.58 Å². The van der Waals surface area contributed by atoms with Crippen molar-refractivity contribution in [3.8, 4) is 0 Å². The average Bonchev–Trinajstić information content (AvgIpc) is 3.63. The average molecular weight is 557 g/mol. The van der Waals surface area contributed by atoms with E-state index in [1.165, 1.54) is 6.42 Å². The van der Waals surface area contributed by atoms with E-state index in [0.29, 0.717) is 18.1 Å². The van der Waals surface area contributed by atoms with E-state index in [0.717, 1.165) is 36.1 Å². The van der Waals surface area contributed by atoms with Crippen LogP contribution >= 0.6 is 11.6 Å². The number of rotatable bonds is 5. The van der Waals surface area contributed by atoms with Crippen molar-refractivity contribution in [3.63, 3.8) is 0 Å². The molecule has 2 amide bonds. The lowest BCUT2D eigenvalue weighted by Crippen LogP contribution is -2.69.